The van der Waals surface area contributed by atoms with Crippen molar-refractivity contribution < 1.29 is 4.79 Å². The molecule has 2 aromatic carbocycles. The quantitative estimate of drug-likeness (QED) is 0.893. The SMILES string of the molecule is Cc1ccccc1C1=N[C@H](C)C(=O)Nc2ccc(C3CC3)cc21. The molecule has 0 radical (unpaired) electrons. The van der Waals surface area contributed by atoms with Crippen LogP contribution in [0.4, 0.5) is 5.69 Å². The van der Waals surface area contributed by atoms with Crippen LogP contribution in [-0.4, -0.2) is 17.7 Å². The normalized spacial score (nSPS) is 20.3. The molecule has 1 heterocycles. The number of hydrogen-bond donors (Lipinski definition) is 1. The number of amides is 1. The first-order chi connectivity index (χ1) is 11.1. The van der Waals surface area contributed by atoms with Crippen LogP contribution in [0, 0.1) is 6.92 Å². The molecule has 1 aliphatic carbocycles. The fourth-order valence-corrected chi connectivity index (χ4v) is 3.15. The Morgan fingerprint density at radius 2 is 1.87 bits per heavy atom. The van der Waals surface area contributed by atoms with E-state index >= 15 is 0 Å². The molecule has 3 heteroatoms. The fourth-order valence-electron chi connectivity index (χ4n) is 3.15. The molecule has 23 heavy (non-hydrogen) atoms. The summed E-state index contributed by atoms with van der Waals surface area (Å²) in [6, 6.07) is 14.2. The standard InChI is InChI=1S/C20H20N2O/c1-12-5-3-4-6-16(12)19-17-11-15(14-7-8-14)9-10-18(17)22-20(23)13(2)21-19/h3-6,9-11,13-14H,7-8H2,1-2H3,(H,22,23)/t13-/m1/s1. The van der Waals surface area contributed by atoms with E-state index in [2.05, 4.69) is 36.5 Å². The van der Waals surface area contributed by atoms with E-state index in [0.717, 1.165) is 22.5 Å². The number of rotatable bonds is 2. The molecule has 1 fully saturated rings. The molecule has 1 atom stereocenters. The number of aryl methyl sites for hydroxylation is 1. The molecule has 0 bridgehead atoms. The van der Waals surface area contributed by atoms with Gasteiger partial charge in [0, 0.05) is 11.1 Å². The van der Waals surface area contributed by atoms with Crippen LogP contribution in [0.25, 0.3) is 0 Å². The summed E-state index contributed by atoms with van der Waals surface area (Å²) >= 11 is 0. The van der Waals surface area contributed by atoms with Crippen LogP contribution in [0.3, 0.4) is 0 Å². The molecular formula is C20H20N2O. The van der Waals surface area contributed by atoms with E-state index in [1.807, 2.05) is 25.1 Å². The Kier molecular flexibility index (Phi) is 3.29. The van der Waals surface area contributed by atoms with Gasteiger partial charge in [0.2, 0.25) is 5.91 Å². The van der Waals surface area contributed by atoms with Crippen molar-refractivity contribution in [2.24, 2.45) is 4.99 Å². The summed E-state index contributed by atoms with van der Waals surface area (Å²) in [5.41, 5.74) is 6.47. The van der Waals surface area contributed by atoms with Crippen molar-refractivity contribution in [2.45, 2.75) is 38.6 Å². The van der Waals surface area contributed by atoms with E-state index in [-0.39, 0.29) is 11.9 Å². The minimum atomic E-state index is -0.388. The lowest BCUT2D eigenvalue weighted by Crippen LogP contribution is -2.22. The van der Waals surface area contributed by atoms with Crippen LogP contribution < -0.4 is 5.32 Å². The molecule has 1 saturated carbocycles. The first kappa shape index (κ1) is 14.2. The van der Waals surface area contributed by atoms with Gasteiger partial charge in [-0.25, -0.2) is 0 Å². The highest BCUT2D eigenvalue weighted by atomic mass is 16.2. The molecule has 1 N–H and O–H groups in total. The number of hydrogen-bond acceptors (Lipinski definition) is 2. The molecule has 4 rings (SSSR count). The van der Waals surface area contributed by atoms with Gasteiger partial charge in [0.05, 0.1) is 11.4 Å². The highest BCUT2D eigenvalue weighted by Crippen LogP contribution is 2.41. The molecule has 0 unspecified atom stereocenters. The third kappa shape index (κ3) is 2.56. The lowest BCUT2D eigenvalue weighted by molar-refractivity contribution is -0.116. The van der Waals surface area contributed by atoms with E-state index in [1.165, 1.54) is 24.0 Å². The Bertz CT molecular complexity index is 818. The minimum absolute atomic E-state index is 0.0472. The molecule has 0 spiro atoms. The monoisotopic (exact) mass is 304 g/mol. The minimum Gasteiger partial charge on any atom is -0.324 e. The molecule has 2 aliphatic rings. The van der Waals surface area contributed by atoms with Crippen LogP contribution in [0.5, 0.6) is 0 Å². The first-order valence-electron chi connectivity index (χ1n) is 8.22. The van der Waals surface area contributed by atoms with Crippen molar-refractivity contribution in [3.8, 4) is 0 Å². The molecule has 0 saturated heterocycles. The lowest BCUT2D eigenvalue weighted by Gasteiger charge is -2.13. The molecule has 1 aliphatic heterocycles. The van der Waals surface area contributed by atoms with E-state index in [9.17, 15) is 4.79 Å². The largest absolute Gasteiger partial charge is 0.324 e. The summed E-state index contributed by atoms with van der Waals surface area (Å²) in [7, 11) is 0. The lowest BCUT2D eigenvalue weighted by atomic mass is 9.94. The number of benzene rings is 2. The number of nitrogens with one attached hydrogen (secondary N) is 1. The number of anilines is 1. The van der Waals surface area contributed by atoms with Crippen LogP contribution >= 0.6 is 0 Å². The van der Waals surface area contributed by atoms with Crippen LogP contribution in [0.15, 0.2) is 47.5 Å². The zero-order valence-corrected chi connectivity index (χ0v) is 13.5. The zero-order chi connectivity index (χ0) is 16.0. The third-order valence-electron chi connectivity index (χ3n) is 4.71. The Morgan fingerprint density at radius 1 is 1.09 bits per heavy atom. The molecular weight excluding hydrogens is 284 g/mol. The third-order valence-corrected chi connectivity index (χ3v) is 4.71. The van der Waals surface area contributed by atoms with Gasteiger partial charge in [-0.15, -0.1) is 0 Å². The van der Waals surface area contributed by atoms with Gasteiger partial charge < -0.3 is 5.32 Å². The highest BCUT2D eigenvalue weighted by Gasteiger charge is 2.27. The predicted molar refractivity (Wildman–Crippen MR) is 93.3 cm³/mol. The van der Waals surface area contributed by atoms with E-state index in [1.54, 1.807) is 0 Å². The number of nitrogens with zero attached hydrogens (tertiary/aromatic N) is 1. The summed E-state index contributed by atoms with van der Waals surface area (Å²) in [6.07, 6.45) is 2.52. The maximum atomic E-state index is 12.3. The summed E-state index contributed by atoms with van der Waals surface area (Å²) in [4.78, 5) is 17.0. The fraction of sp³-hybridized carbons (Fsp3) is 0.300. The van der Waals surface area contributed by atoms with Crippen LogP contribution in [0.1, 0.15) is 47.9 Å². The Morgan fingerprint density at radius 3 is 2.61 bits per heavy atom. The van der Waals surface area contributed by atoms with Crippen molar-refractivity contribution in [2.75, 3.05) is 5.32 Å². The van der Waals surface area contributed by atoms with Gasteiger partial charge in [-0.2, -0.15) is 0 Å². The number of benzodiazepines with no additional fused rings is 1. The molecule has 116 valence electrons. The molecule has 2 aromatic rings. The second-order valence-electron chi connectivity index (χ2n) is 6.54. The van der Waals surface area contributed by atoms with Crippen molar-refractivity contribution in [1.82, 2.24) is 0 Å². The van der Waals surface area contributed by atoms with Crippen molar-refractivity contribution in [3.63, 3.8) is 0 Å². The Labute approximate surface area is 136 Å². The summed E-state index contributed by atoms with van der Waals surface area (Å²) in [6.45, 7) is 3.94. The zero-order valence-electron chi connectivity index (χ0n) is 13.5. The van der Waals surface area contributed by atoms with Crippen LogP contribution in [0.2, 0.25) is 0 Å². The maximum absolute atomic E-state index is 12.3. The number of fused-ring (bicyclic) bond motifs is 1. The van der Waals surface area contributed by atoms with Crippen LogP contribution in [-0.2, 0) is 4.79 Å². The molecule has 3 nitrogen and oxygen atoms in total. The van der Waals surface area contributed by atoms with E-state index in [4.69, 9.17) is 4.99 Å². The molecule has 0 aromatic heterocycles. The van der Waals surface area contributed by atoms with E-state index < -0.39 is 0 Å². The van der Waals surface area contributed by atoms with Gasteiger partial charge in [0.15, 0.2) is 0 Å². The predicted octanol–water partition coefficient (Wildman–Crippen LogP) is 4.05. The van der Waals surface area contributed by atoms with Gasteiger partial charge in [0.25, 0.3) is 0 Å². The maximum Gasteiger partial charge on any atom is 0.248 e. The summed E-state index contributed by atoms with van der Waals surface area (Å²) in [5.74, 6) is 0.629. The van der Waals surface area contributed by atoms with Gasteiger partial charge in [-0.1, -0.05) is 30.3 Å². The second kappa shape index (κ2) is 5.34. The molecule has 1 amide bonds. The second-order valence-corrected chi connectivity index (χ2v) is 6.54. The smallest absolute Gasteiger partial charge is 0.248 e. The topological polar surface area (TPSA) is 41.5 Å². The van der Waals surface area contributed by atoms with Crippen molar-refractivity contribution in [1.29, 1.82) is 0 Å². The van der Waals surface area contributed by atoms with Crippen molar-refractivity contribution in [3.05, 3.63) is 64.7 Å². The average molecular weight is 304 g/mol. The van der Waals surface area contributed by atoms with Gasteiger partial charge >= 0.3 is 0 Å². The van der Waals surface area contributed by atoms with Crippen molar-refractivity contribution >= 4 is 17.3 Å². The first-order valence-corrected chi connectivity index (χ1v) is 8.22. The summed E-state index contributed by atoms with van der Waals surface area (Å²) in [5, 5.41) is 3.02. The average Bonchev–Trinajstić information content (AvgIpc) is 3.38. The highest BCUT2D eigenvalue weighted by molar-refractivity contribution is 6.20. The Hall–Kier alpha value is -2.42. The number of carbonyl (C=O) groups is 1. The van der Waals surface area contributed by atoms with Gasteiger partial charge in [-0.05, 0) is 55.9 Å². The van der Waals surface area contributed by atoms with Gasteiger partial charge in [-0.3, -0.25) is 9.79 Å². The number of aliphatic imine (C=N–C) groups is 1. The number of carbonyl (C=O) groups excluding carboxylic acids is 1. The Balaban J connectivity index is 1.92. The summed E-state index contributed by atoms with van der Waals surface area (Å²) < 4.78 is 0. The van der Waals surface area contributed by atoms with Gasteiger partial charge in [0.1, 0.15) is 6.04 Å². The van der Waals surface area contributed by atoms with E-state index in [0.29, 0.717) is 5.92 Å².